The van der Waals surface area contributed by atoms with Gasteiger partial charge in [-0.3, -0.25) is 0 Å². The highest BCUT2D eigenvalue weighted by atomic mass is 14.9. The van der Waals surface area contributed by atoms with Crippen molar-refractivity contribution in [2.75, 3.05) is 0 Å². The predicted molar refractivity (Wildman–Crippen MR) is 140 cm³/mol. The lowest BCUT2D eigenvalue weighted by atomic mass is 10.0. The normalized spacial score (nSPS) is 13.0. The number of fused-ring (bicyclic) bond motifs is 12. The van der Waals surface area contributed by atoms with Gasteiger partial charge in [0.2, 0.25) is 0 Å². The van der Waals surface area contributed by atoms with Crippen molar-refractivity contribution in [2.24, 2.45) is 0 Å². The van der Waals surface area contributed by atoms with Crippen molar-refractivity contribution in [3.8, 4) is 0 Å². The van der Waals surface area contributed by atoms with Crippen LogP contribution in [0.25, 0.3) is 76.2 Å². The van der Waals surface area contributed by atoms with Crippen molar-refractivity contribution >= 4 is 76.2 Å². The molecule has 4 heterocycles. The van der Waals surface area contributed by atoms with E-state index in [4.69, 9.17) is 0 Å². The van der Waals surface area contributed by atoms with Crippen molar-refractivity contribution in [1.82, 2.24) is 8.80 Å². The molecule has 0 atom stereocenters. The minimum absolute atomic E-state index is 1.29. The van der Waals surface area contributed by atoms with Gasteiger partial charge in [0.1, 0.15) is 0 Å². The molecular weight excluding hydrogens is 400 g/mol. The molecule has 5 aromatic carbocycles. The van der Waals surface area contributed by atoms with E-state index in [-0.39, 0.29) is 0 Å². The Balaban J connectivity index is 1.67. The molecule has 0 aliphatic rings. The first kappa shape index (κ1) is 16.3. The smallest absolute Gasteiger partial charge is 0.0620 e. The van der Waals surface area contributed by atoms with Crippen molar-refractivity contribution in [3.63, 3.8) is 0 Å². The van der Waals surface area contributed by atoms with E-state index in [1.54, 1.807) is 0 Å². The van der Waals surface area contributed by atoms with Crippen molar-refractivity contribution in [2.45, 2.75) is 6.92 Å². The Morgan fingerprint density at radius 1 is 0.424 bits per heavy atom. The molecule has 2 heteroatoms. The predicted octanol–water partition coefficient (Wildman–Crippen LogP) is 8.30. The van der Waals surface area contributed by atoms with E-state index < -0.39 is 0 Å². The molecule has 152 valence electrons. The van der Waals surface area contributed by atoms with Gasteiger partial charge in [0.05, 0.1) is 33.1 Å². The quantitative estimate of drug-likeness (QED) is 0.234. The fourth-order valence-corrected chi connectivity index (χ4v) is 6.74. The number of hydrogen-bond acceptors (Lipinski definition) is 0. The fraction of sp³-hybridized carbons (Fsp3) is 0.0323. The summed E-state index contributed by atoms with van der Waals surface area (Å²) in [7, 11) is 0. The van der Waals surface area contributed by atoms with Crippen molar-refractivity contribution in [1.29, 1.82) is 0 Å². The number of aromatic nitrogens is 2. The van der Waals surface area contributed by atoms with Crippen LogP contribution in [0.2, 0.25) is 0 Å². The molecule has 0 N–H and O–H groups in total. The van der Waals surface area contributed by atoms with Gasteiger partial charge in [0.15, 0.2) is 0 Å². The molecule has 0 spiro atoms. The Morgan fingerprint density at radius 2 is 0.939 bits per heavy atom. The Labute approximate surface area is 188 Å². The second-order valence-electron chi connectivity index (χ2n) is 9.40. The zero-order chi connectivity index (χ0) is 21.4. The third kappa shape index (κ3) is 1.64. The van der Waals surface area contributed by atoms with E-state index in [1.165, 1.54) is 81.8 Å². The molecule has 0 aliphatic carbocycles. The largest absolute Gasteiger partial charge is 0.308 e. The second kappa shape index (κ2) is 5.19. The van der Waals surface area contributed by atoms with Crippen LogP contribution < -0.4 is 0 Å². The first-order valence-corrected chi connectivity index (χ1v) is 11.6. The van der Waals surface area contributed by atoms with Gasteiger partial charge < -0.3 is 8.80 Å². The molecule has 9 rings (SSSR count). The van der Waals surface area contributed by atoms with Crippen LogP contribution in [0.3, 0.4) is 0 Å². The molecule has 0 unspecified atom stereocenters. The van der Waals surface area contributed by atoms with Crippen LogP contribution in [0.4, 0.5) is 0 Å². The Morgan fingerprint density at radius 3 is 1.64 bits per heavy atom. The number of nitrogens with zero attached hydrogens (tertiary/aromatic N) is 2. The minimum Gasteiger partial charge on any atom is -0.308 e. The molecule has 0 amide bonds. The van der Waals surface area contributed by atoms with Crippen LogP contribution in [0.5, 0.6) is 0 Å². The van der Waals surface area contributed by atoms with E-state index >= 15 is 0 Å². The highest BCUT2D eigenvalue weighted by Crippen LogP contribution is 2.46. The number of benzene rings is 5. The van der Waals surface area contributed by atoms with Crippen LogP contribution in [-0.2, 0) is 0 Å². The van der Waals surface area contributed by atoms with Crippen LogP contribution in [0.1, 0.15) is 5.56 Å². The molecule has 4 aromatic heterocycles. The SMILES string of the molecule is Cc1c2c3cccc4c5ccccc5n(c2cc2c5cccc6c7ccccc7n(c12)c65)c43. The van der Waals surface area contributed by atoms with Crippen molar-refractivity contribution in [3.05, 3.63) is 96.6 Å². The number of aryl methyl sites for hydroxylation is 1. The lowest BCUT2D eigenvalue weighted by Gasteiger charge is -2.05. The van der Waals surface area contributed by atoms with Gasteiger partial charge in [-0.25, -0.2) is 0 Å². The Bertz CT molecular complexity index is 2230. The van der Waals surface area contributed by atoms with E-state index in [0.717, 1.165) is 0 Å². The maximum Gasteiger partial charge on any atom is 0.0620 e. The molecule has 33 heavy (non-hydrogen) atoms. The van der Waals surface area contributed by atoms with Gasteiger partial charge in [-0.2, -0.15) is 0 Å². The molecular formula is C31H18N2. The summed E-state index contributed by atoms with van der Waals surface area (Å²) < 4.78 is 5.01. The molecule has 0 fully saturated rings. The zero-order valence-corrected chi connectivity index (χ0v) is 18.1. The molecule has 9 aromatic rings. The van der Waals surface area contributed by atoms with Gasteiger partial charge in [-0.05, 0) is 30.7 Å². The Kier molecular flexibility index (Phi) is 2.57. The molecule has 0 saturated heterocycles. The van der Waals surface area contributed by atoms with Crippen LogP contribution in [0.15, 0.2) is 91.0 Å². The summed E-state index contributed by atoms with van der Waals surface area (Å²) >= 11 is 0. The van der Waals surface area contributed by atoms with Gasteiger partial charge >= 0.3 is 0 Å². The fourth-order valence-electron chi connectivity index (χ4n) is 6.74. The highest BCUT2D eigenvalue weighted by Gasteiger charge is 2.23. The first-order chi connectivity index (χ1) is 16.3. The summed E-state index contributed by atoms with van der Waals surface area (Å²) in [5.74, 6) is 0. The number of para-hydroxylation sites is 4. The van der Waals surface area contributed by atoms with Gasteiger partial charge in [0.25, 0.3) is 0 Å². The summed E-state index contributed by atoms with van der Waals surface area (Å²) in [5, 5.41) is 10.8. The van der Waals surface area contributed by atoms with Crippen LogP contribution in [-0.4, -0.2) is 8.80 Å². The monoisotopic (exact) mass is 418 g/mol. The topological polar surface area (TPSA) is 8.82 Å². The van der Waals surface area contributed by atoms with Crippen LogP contribution in [0, 0.1) is 6.92 Å². The summed E-state index contributed by atoms with van der Waals surface area (Å²) in [6.45, 7) is 2.32. The molecule has 0 radical (unpaired) electrons. The minimum atomic E-state index is 1.29. The lowest BCUT2D eigenvalue weighted by molar-refractivity contribution is 1.34. The lowest BCUT2D eigenvalue weighted by Crippen LogP contribution is -1.87. The van der Waals surface area contributed by atoms with E-state index in [1.807, 2.05) is 0 Å². The van der Waals surface area contributed by atoms with E-state index in [2.05, 4.69) is 107 Å². The van der Waals surface area contributed by atoms with E-state index in [0.29, 0.717) is 0 Å². The average molecular weight is 418 g/mol. The molecule has 0 saturated carbocycles. The number of rotatable bonds is 0. The van der Waals surface area contributed by atoms with Gasteiger partial charge in [0, 0.05) is 43.1 Å². The molecule has 2 nitrogen and oxygen atoms in total. The zero-order valence-electron chi connectivity index (χ0n) is 18.1. The maximum absolute atomic E-state index is 2.51. The van der Waals surface area contributed by atoms with E-state index in [9.17, 15) is 0 Å². The van der Waals surface area contributed by atoms with Crippen LogP contribution >= 0.6 is 0 Å². The molecule has 0 bridgehead atoms. The summed E-state index contributed by atoms with van der Waals surface area (Å²) in [6, 6.07) is 33.6. The maximum atomic E-state index is 2.51. The van der Waals surface area contributed by atoms with Crippen molar-refractivity contribution < 1.29 is 0 Å². The molecule has 0 aliphatic heterocycles. The van der Waals surface area contributed by atoms with Gasteiger partial charge in [-0.15, -0.1) is 0 Å². The second-order valence-corrected chi connectivity index (χ2v) is 9.40. The third-order valence-electron chi connectivity index (χ3n) is 7.94. The number of hydrogen-bond donors (Lipinski definition) is 0. The Hall–Kier alpha value is -4.30. The summed E-state index contributed by atoms with van der Waals surface area (Å²) in [4.78, 5) is 0. The standard InChI is InChI=1S/C31H18N2/c1-17-28-23-13-7-11-21-18-8-2-4-14-25(18)32(31(21)23)27(28)16-24-22-12-6-10-20-19-9-3-5-15-26(19)33(29(17)24)30(20)22/h2-16H,1H3. The average Bonchev–Trinajstić information content (AvgIpc) is 3.57. The first-order valence-electron chi connectivity index (χ1n) is 11.6. The van der Waals surface area contributed by atoms with Gasteiger partial charge in [-0.1, -0.05) is 72.8 Å². The summed E-state index contributed by atoms with van der Waals surface area (Å²) in [6.07, 6.45) is 0. The summed E-state index contributed by atoms with van der Waals surface area (Å²) in [5.41, 5.74) is 9.29. The third-order valence-corrected chi connectivity index (χ3v) is 7.94. The highest BCUT2D eigenvalue weighted by molar-refractivity contribution is 6.30.